The number of hydrogen-bond donors (Lipinski definition) is 2. The predicted octanol–water partition coefficient (Wildman–Crippen LogP) is 2.43. The van der Waals surface area contributed by atoms with Crippen LogP contribution in [0.1, 0.15) is 5.01 Å². The second kappa shape index (κ2) is 11.5. The third kappa shape index (κ3) is 6.49. The molecule has 6 nitrogen and oxygen atoms in total. The number of aliphatic imine (C=N–C) groups is 1. The smallest absolute Gasteiger partial charge is 0.191 e. The summed E-state index contributed by atoms with van der Waals surface area (Å²) in [6.45, 7) is 6.23. The zero-order chi connectivity index (χ0) is 17.3. The summed E-state index contributed by atoms with van der Waals surface area (Å²) in [4.78, 5) is 11.4. The molecule has 2 N–H and O–H groups in total. The lowest BCUT2D eigenvalue weighted by molar-refractivity contribution is 0.0389. The number of nitrogens with zero attached hydrogens (tertiary/aromatic N) is 3. The van der Waals surface area contributed by atoms with Gasteiger partial charge in [-0.25, -0.2) is 4.98 Å². The van der Waals surface area contributed by atoms with Crippen molar-refractivity contribution in [2.24, 2.45) is 4.99 Å². The molecule has 0 atom stereocenters. The van der Waals surface area contributed by atoms with Crippen LogP contribution < -0.4 is 10.6 Å². The van der Waals surface area contributed by atoms with E-state index in [-0.39, 0.29) is 24.0 Å². The summed E-state index contributed by atoms with van der Waals surface area (Å²) in [5.41, 5.74) is 2.18. The molecule has 0 bridgehead atoms. The molecule has 0 spiro atoms. The lowest BCUT2D eigenvalue weighted by Crippen LogP contribution is -2.44. The maximum atomic E-state index is 5.37. The summed E-state index contributed by atoms with van der Waals surface area (Å²) in [7, 11) is 1.79. The minimum Gasteiger partial charge on any atom is -0.379 e. The Labute approximate surface area is 176 Å². The van der Waals surface area contributed by atoms with Gasteiger partial charge in [0.15, 0.2) is 5.96 Å². The Morgan fingerprint density at radius 3 is 2.73 bits per heavy atom. The van der Waals surface area contributed by atoms with Crippen LogP contribution in [-0.2, 0) is 11.3 Å². The summed E-state index contributed by atoms with van der Waals surface area (Å²) in [5.74, 6) is 0.810. The van der Waals surface area contributed by atoms with Gasteiger partial charge in [-0.05, 0) is 0 Å². The second-order valence-corrected chi connectivity index (χ2v) is 6.74. The van der Waals surface area contributed by atoms with Crippen molar-refractivity contribution in [3.8, 4) is 11.3 Å². The lowest BCUT2D eigenvalue weighted by Gasteiger charge is -2.26. The van der Waals surface area contributed by atoms with E-state index in [1.807, 2.05) is 18.2 Å². The molecule has 1 aliphatic rings. The van der Waals surface area contributed by atoms with Crippen LogP contribution >= 0.6 is 35.3 Å². The number of guanidine groups is 1. The van der Waals surface area contributed by atoms with Gasteiger partial charge in [-0.15, -0.1) is 35.3 Å². The van der Waals surface area contributed by atoms with Gasteiger partial charge >= 0.3 is 0 Å². The molecular weight excluding hydrogens is 461 g/mol. The molecule has 0 saturated carbocycles. The van der Waals surface area contributed by atoms with E-state index in [0.29, 0.717) is 6.54 Å². The molecule has 26 heavy (non-hydrogen) atoms. The molecule has 1 aromatic carbocycles. The Balaban J connectivity index is 0.00000243. The number of benzene rings is 1. The van der Waals surface area contributed by atoms with E-state index in [1.165, 1.54) is 0 Å². The summed E-state index contributed by atoms with van der Waals surface area (Å²) < 4.78 is 5.37. The number of rotatable bonds is 6. The predicted molar refractivity (Wildman–Crippen MR) is 118 cm³/mol. The first-order chi connectivity index (χ1) is 12.3. The Bertz CT molecular complexity index is 673. The van der Waals surface area contributed by atoms with Gasteiger partial charge in [0.05, 0.1) is 25.5 Å². The average molecular weight is 487 g/mol. The molecule has 1 saturated heterocycles. The van der Waals surface area contributed by atoms with E-state index in [0.717, 1.165) is 61.6 Å². The van der Waals surface area contributed by atoms with Crippen molar-refractivity contribution in [2.45, 2.75) is 6.54 Å². The van der Waals surface area contributed by atoms with Crippen LogP contribution in [0.2, 0.25) is 0 Å². The minimum atomic E-state index is 0. The molecule has 0 unspecified atom stereocenters. The SMILES string of the molecule is CN=C(NCCN1CCOCC1)NCc1nc(-c2ccccc2)cs1.I. The fraction of sp³-hybridized carbons (Fsp3) is 0.444. The minimum absolute atomic E-state index is 0. The molecule has 0 radical (unpaired) electrons. The third-order valence-electron chi connectivity index (χ3n) is 4.08. The van der Waals surface area contributed by atoms with Gasteiger partial charge in [-0.2, -0.15) is 0 Å². The number of morpholine rings is 1. The summed E-state index contributed by atoms with van der Waals surface area (Å²) in [6, 6.07) is 10.3. The van der Waals surface area contributed by atoms with Crippen molar-refractivity contribution in [2.75, 3.05) is 46.4 Å². The normalized spacial score (nSPS) is 15.3. The van der Waals surface area contributed by atoms with E-state index in [1.54, 1.807) is 18.4 Å². The van der Waals surface area contributed by atoms with Crippen molar-refractivity contribution >= 4 is 41.3 Å². The molecule has 3 rings (SSSR count). The van der Waals surface area contributed by atoms with Crippen LogP contribution in [0.5, 0.6) is 0 Å². The van der Waals surface area contributed by atoms with E-state index in [2.05, 4.69) is 38.0 Å². The largest absolute Gasteiger partial charge is 0.379 e. The zero-order valence-corrected chi connectivity index (χ0v) is 18.1. The van der Waals surface area contributed by atoms with Gasteiger partial charge in [-0.1, -0.05) is 30.3 Å². The fourth-order valence-electron chi connectivity index (χ4n) is 2.67. The third-order valence-corrected chi connectivity index (χ3v) is 4.92. The quantitative estimate of drug-likeness (QED) is 0.373. The van der Waals surface area contributed by atoms with E-state index >= 15 is 0 Å². The molecule has 8 heteroatoms. The van der Waals surface area contributed by atoms with Crippen LogP contribution in [0.15, 0.2) is 40.7 Å². The first kappa shape index (κ1) is 21.1. The molecule has 2 heterocycles. The van der Waals surface area contributed by atoms with E-state index in [4.69, 9.17) is 9.72 Å². The highest BCUT2D eigenvalue weighted by molar-refractivity contribution is 14.0. The maximum absolute atomic E-state index is 5.37. The Morgan fingerprint density at radius 1 is 1.23 bits per heavy atom. The summed E-state index contributed by atoms with van der Waals surface area (Å²) in [6.07, 6.45) is 0. The Morgan fingerprint density at radius 2 is 2.00 bits per heavy atom. The summed E-state index contributed by atoms with van der Waals surface area (Å²) >= 11 is 1.66. The number of halogens is 1. The van der Waals surface area contributed by atoms with Crippen molar-refractivity contribution in [1.29, 1.82) is 0 Å². The van der Waals surface area contributed by atoms with Gasteiger partial charge in [0.1, 0.15) is 5.01 Å². The highest BCUT2D eigenvalue weighted by Crippen LogP contribution is 2.21. The number of aromatic nitrogens is 1. The molecule has 2 aromatic rings. The highest BCUT2D eigenvalue weighted by Gasteiger charge is 2.10. The number of ether oxygens (including phenoxy) is 1. The van der Waals surface area contributed by atoms with Crippen molar-refractivity contribution in [3.05, 3.63) is 40.7 Å². The monoisotopic (exact) mass is 487 g/mol. The molecular formula is C18H26IN5OS. The van der Waals surface area contributed by atoms with Crippen LogP contribution in [0.4, 0.5) is 0 Å². The van der Waals surface area contributed by atoms with Crippen molar-refractivity contribution in [1.82, 2.24) is 20.5 Å². The topological polar surface area (TPSA) is 61.8 Å². The molecule has 142 valence electrons. The Hall–Kier alpha value is -1.23. The van der Waals surface area contributed by atoms with E-state index < -0.39 is 0 Å². The van der Waals surface area contributed by atoms with Crippen molar-refractivity contribution < 1.29 is 4.74 Å². The first-order valence-corrected chi connectivity index (χ1v) is 9.47. The van der Waals surface area contributed by atoms with Gasteiger partial charge in [-0.3, -0.25) is 9.89 Å². The number of thiazole rings is 1. The summed E-state index contributed by atoms with van der Waals surface area (Å²) in [5, 5.41) is 9.84. The Kier molecular flexibility index (Phi) is 9.30. The standard InChI is InChI=1S/C18H25N5OS.HI/c1-19-18(20-7-8-23-9-11-24-12-10-23)21-13-17-22-16(14-25-17)15-5-3-2-4-6-15;/h2-6,14H,7-13H2,1H3,(H2,19,20,21);1H. The molecule has 1 fully saturated rings. The van der Waals surface area contributed by atoms with Gasteiger partial charge in [0.2, 0.25) is 0 Å². The van der Waals surface area contributed by atoms with Crippen LogP contribution in [0.3, 0.4) is 0 Å². The molecule has 0 aliphatic carbocycles. The molecule has 1 aliphatic heterocycles. The fourth-order valence-corrected chi connectivity index (χ4v) is 3.41. The highest BCUT2D eigenvalue weighted by atomic mass is 127. The van der Waals surface area contributed by atoms with Crippen molar-refractivity contribution in [3.63, 3.8) is 0 Å². The molecule has 0 amide bonds. The van der Waals surface area contributed by atoms with Gasteiger partial charge in [0.25, 0.3) is 0 Å². The molecule has 1 aromatic heterocycles. The van der Waals surface area contributed by atoms with Gasteiger partial charge < -0.3 is 15.4 Å². The zero-order valence-electron chi connectivity index (χ0n) is 15.0. The van der Waals surface area contributed by atoms with Crippen LogP contribution in [0, 0.1) is 0 Å². The van der Waals surface area contributed by atoms with E-state index in [9.17, 15) is 0 Å². The maximum Gasteiger partial charge on any atom is 0.191 e. The number of nitrogens with one attached hydrogen (secondary N) is 2. The lowest BCUT2D eigenvalue weighted by atomic mass is 10.2. The first-order valence-electron chi connectivity index (χ1n) is 8.59. The number of hydrogen-bond acceptors (Lipinski definition) is 5. The second-order valence-electron chi connectivity index (χ2n) is 5.80. The van der Waals surface area contributed by atoms with Gasteiger partial charge in [0, 0.05) is 44.2 Å². The van der Waals surface area contributed by atoms with Crippen LogP contribution in [-0.4, -0.2) is 62.3 Å². The average Bonchev–Trinajstić information content (AvgIpc) is 3.15. The van der Waals surface area contributed by atoms with Crippen LogP contribution in [0.25, 0.3) is 11.3 Å².